The van der Waals surface area contributed by atoms with E-state index in [0.29, 0.717) is 37.6 Å². The van der Waals surface area contributed by atoms with Gasteiger partial charge in [0.25, 0.3) is 0 Å². The monoisotopic (exact) mass is 375 g/mol. The number of ether oxygens (including phenoxy) is 1. The minimum Gasteiger partial charge on any atom is -0.468 e. The van der Waals surface area contributed by atoms with Crippen molar-refractivity contribution in [2.75, 3.05) is 38.2 Å². The molecule has 1 aromatic carbocycles. The van der Waals surface area contributed by atoms with Crippen LogP contribution in [0.3, 0.4) is 0 Å². The first-order valence-electron chi connectivity index (χ1n) is 8.75. The van der Waals surface area contributed by atoms with Gasteiger partial charge in [0, 0.05) is 25.3 Å². The molecule has 2 N–H and O–H groups in total. The number of amides is 2. The van der Waals surface area contributed by atoms with E-state index in [1.807, 2.05) is 6.07 Å². The Morgan fingerprint density at radius 2 is 2.00 bits per heavy atom. The van der Waals surface area contributed by atoms with Crippen molar-refractivity contribution in [1.29, 1.82) is 0 Å². The summed E-state index contributed by atoms with van der Waals surface area (Å²) in [5.74, 6) is -1.38. The molecule has 1 unspecified atom stereocenters. The largest absolute Gasteiger partial charge is 0.468 e. The summed E-state index contributed by atoms with van der Waals surface area (Å²) in [5.41, 5.74) is 0.693. The van der Waals surface area contributed by atoms with Crippen molar-refractivity contribution >= 4 is 17.5 Å². The zero-order chi connectivity index (χ0) is 19.2. The number of benzene rings is 1. The lowest BCUT2D eigenvalue weighted by molar-refractivity contribution is -0.136. The maximum atomic E-state index is 13.6. The summed E-state index contributed by atoms with van der Waals surface area (Å²) in [4.78, 5) is 26.4. The molecule has 0 saturated carbocycles. The second kappa shape index (κ2) is 8.79. The lowest BCUT2D eigenvalue weighted by atomic mass is 10.1. The molecule has 1 fully saturated rings. The van der Waals surface area contributed by atoms with Crippen LogP contribution in [-0.2, 0) is 14.3 Å². The van der Waals surface area contributed by atoms with Crippen LogP contribution in [0.25, 0.3) is 0 Å². The van der Waals surface area contributed by atoms with Gasteiger partial charge in [0.1, 0.15) is 11.6 Å². The molecule has 1 aliphatic rings. The molecule has 27 heavy (non-hydrogen) atoms. The van der Waals surface area contributed by atoms with Gasteiger partial charge >= 0.3 is 11.8 Å². The number of carbonyl (C=O) groups is 2. The summed E-state index contributed by atoms with van der Waals surface area (Å²) in [6.07, 6.45) is 1.57. The smallest absolute Gasteiger partial charge is 0.313 e. The van der Waals surface area contributed by atoms with Gasteiger partial charge in [-0.1, -0.05) is 6.07 Å². The number of furan rings is 1. The Labute approximate surface area is 156 Å². The van der Waals surface area contributed by atoms with E-state index in [2.05, 4.69) is 15.5 Å². The Morgan fingerprint density at radius 3 is 2.67 bits per heavy atom. The van der Waals surface area contributed by atoms with E-state index in [1.165, 1.54) is 12.1 Å². The molecular formula is C19H22FN3O4. The molecule has 144 valence electrons. The number of aryl methyl sites for hydroxylation is 1. The second-order valence-corrected chi connectivity index (χ2v) is 6.31. The highest BCUT2D eigenvalue weighted by molar-refractivity contribution is 6.39. The number of rotatable bonds is 5. The van der Waals surface area contributed by atoms with E-state index in [0.717, 1.165) is 0 Å². The van der Waals surface area contributed by atoms with E-state index >= 15 is 0 Å². The van der Waals surface area contributed by atoms with Crippen molar-refractivity contribution < 1.29 is 23.1 Å². The van der Waals surface area contributed by atoms with Crippen molar-refractivity contribution in [2.45, 2.75) is 13.0 Å². The van der Waals surface area contributed by atoms with Crippen molar-refractivity contribution in [2.24, 2.45) is 0 Å². The van der Waals surface area contributed by atoms with Gasteiger partial charge in [-0.3, -0.25) is 14.5 Å². The standard InChI is InChI=1S/C19H22FN3O4/c1-13-4-5-14(11-15(13)20)22-19(25)18(24)21-12-16(17-3-2-8-27-17)23-6-9-26-10-7-23/h2-5,8,11,16H,6-7,9-10,12H2,1H3,(H,21,24)(H,22,25). The van der Waals surface area contributed by atoms with Crippen LogP contribution in [0, 0.1) is 12.7 Å². The van der Waals surface area contributed by atoms with E-state index in [-0.39, 0.29) is 18.3 Å². The Kier molecular flexibility index (Phi) is 6.20. The fourth-order valence-electron chi connectivity index (χ4n) is 2.91. The van der Waals surface area contributed by atoms with Gasteiger partial charge in [-0.25, -0.2) is 4.39 Å². The number of morpholine rings is 1. The first-order valence-corrected chi connectivity index (χ1v) is 8.75. The van der Waals surface area contributed by atoms with Crippen LogP contribution < -0.4 is 10.6 Å². The first kappa shape index (κ1) is 19.1. The third kappa shape index (κ3) is 4.93. The zero-order valence-corrected chi connectivity index (χ0v) is 15.0. The molecule has 8 heteroatoms. The average Bonchev–Trinajstić information content (AvgIpc) is 3.20. The minimum atomic E-state index is -0.849. The molecule has 0 aliphatic carbocycles. The van der Waals surface area contributed by atoms with Crippen molar-refractivity contribution in [3.05, 3.63) is 53.7 Å². The average molecular weight is 375 g/mol. The Hall–Kier alpha value is -2.71. The number of nitrogens with one attached hydrogen (secondary N) is 2. The van der Waals surface area contributed by atoms with Crippen molar-refractivity contribution in [3.63, 3.8) is 0 Å². The maximum absolute atomic E-state index is 13.6. The molecule has 2 aromatic rings. The molecule has 0 radical (unpaired) electrons. The molecule has 0 spiro atoms. The molecule has 1 atom stereocenters. The highest BCUT2D eigenvalue weighted by atomic mass is 19.1. The lowest BCUT2D eigenvalue weighted by Crippen LogP contribution is -2.45. The third-order valence-electron chi connectivity index (χ3n) is 4.45. The van der Waals surface area contributed by atoms with Gasteiger partial charge in [-0.15, -0.1) is 0 Å². The number of anilines is 1. The normalized spacial score (nSPS) is 15.9. The second-order valence-electron chi connectivity index (χ2n) is 6.31. The minimum absolute atomic E-state index is 0.197. The van der Waals surface area contributed by atoms with Crippen LogP contribution in [0.2, 0.25) is 0 Å². The SMILES string of the molecule is Cc1ccc(NC(=O)C(=O)NCC(c2ccco2)N2CCOCC2)cc1F. The number of hydrogen-bond acceptors (Lipinski definition) is 5. The predicted molar refractivity (Wildman–Crippen MR) is 96.6 cm³/mol. The van der Waals surface area contributed by atoms with E-state index in [9.17, 15) is 14.0 Å². The van der Waals surface area contributed by atoms with Gasteiger partial charge < -0.3 is 19.8 Å². The molecule has 1 aliphatic heterocycles. The van der Waals surface area contributed by atoms with E-state index < -0.39 is 17.6 Å². The highest BCUT2D eigenvalue weighted by Gasteiger charge is 2.26. The van der Waals surface area contributed by atoms with Gasteiger partial charge in [0.2, 0.25) is 0 Å². The van der Waals surface area contributed by atoms with Crippen LogP contribution in [-0.4, -0.2) is 49.6 Å². The topological polar surface area (TPSA) is 83.8 Å². The molecule has 1 saturated heterocycles. The maximum Gasteiger partial charge on any atom is 0.313 e. The highest BCUT2D eigenvalue weighted by Crippen LogP contribution is 2.21. The van der Waals surface area contributed by atoms with Crippen LogP contribution >= 0.6 is 0 Å². The lowest BCUT2D eigenvalue weighted by Gasteiger charge is -2.33. The molecule has 7 nitrogen and oxygen atoms in total. The van der Waals surface area contributed by atoms with Gasteiger partial charge in [0.15, 0.2) is 0 Å². The van der Waals surface area contributed by atoms with E-state index in [4.69, 9.17) is 9.15 Å². The Morgan fingerprint density at radius 1 is 1.22 bits per heavy atom. The zero-order valence-electron chi connectivity index (χ0n) is 15.0. The summed E-state index contributed by atoms with van der Waals surface area (Å²) in [6.45, 7) is 4.44. The predicted octanol–water partition coefficient (Wildman–Crippen LogP) is 1.86. The van der Waals surface area contributed by atoms with Crippen molar-refractivity contribution in [3.8, 4) is 0 Å². The molecule has 1 aromatic heterocycles. The fourth-order valence-corrected chi connectivity index (χ4v) is 2.91. The number of nitrogens with zero attached hydrogens (tertiary/aromatic N) is 1. The summed E-state index contributed by atoms with van der Waals surface area (Å²) in [6, 6.07) is 7.68. The summed E-state index contributed by atoms with van der Waals surface area (Å²) in [7, 11) is 0. The summed E-state index contributed by atoms with van der Waals surface area (Å²) < 4.78 is 24.4. The van der Waals surface area contributed by atoms with Gasteiger partial charge in [-0.2, -0.15) is 0 Å². The Bertz CT molecular complexity index is 788. The van der Waals surface area contributed by atoms with Crippen molar-refractivity contribution in [1.82, 2.24) is 10.2 Å². The first-order chi connectivity index (χ1) is 13.0. The van der Waals surface area contributed by atoms with Crippen LogP contribution in [0.1, 0.15) is 17.4 Å². The fraction of sp³-hybridized carbons (Fsp3) is 0.368. The third-order valence-corrected chi connectivity index (χ3v) is 4.45. The Balaban J connectivity index is 1.59. The number of carbonyl (C=O) groups excluding carboxylic acids is 2. The van der Waals surface area contributed by atoms with Crippen LogP contribution in [0.15, 0.2) is 41.0 Å². The molecule has 3 rings (SSSR count). The number of hydrogen-bond donors (Lipinski definition) is 2. The van der Waals surface area contributed by atoms with E-state index in [1.54, 1.807) is 25.3 Å². The number of halogens is 1. The summed E-state index contributed by atoms with van der Waals surface area (Å²) in [5, 5.41) is 5.03. The molecule has 2 heterocycles. The van der Waals surface area contributed by atoms with Gasteiger partial charge in [-0.05, 0) is 36.8 Å². The van der Waals surface area contributed by atoms with Crippen LogP contribution in [0.4, 0.5) is 10.1 Å². The molecule has 0 bridgehead atoms. The van der Waals surface area contributed by atoms with Crippen LogP contribution in [0.5, 0.6) is 0 Å². The molecule has 2 amide bonds. The molecular weight excluding hydrogens is 353 g/mol. The quantitative estimate of drug-likeness (QED) is 0.780. The summed E-state index contributed by atoms with van der Waals surface area (Å²) >= 11 is 0. The van der Waals surface area contributed by atoms with Gasteiger partial charge in [0.05, 0.1) is 25.5 Å².